The molecule has 0 aliphatic heterocycles. The summed E-state index contributed by atoms with van der Waals surface area (Å²) in [4.78, 5) is 11.9. The van der Waals surface area contributed by atoms with E-state index >= 15 is 0 Å². The number of rotatable bonds is 18. The molecule has 174 valence electrons. The Labute approximate surface area is 196 Å². The second-order valence-electron chi connectivity index (χ2n) is 9.16. The SMILES string of the molecule is CCCCCCCCCCCCCC[N+](C)(C)CCCC(=O)Oc1ccccc1.[Br-]. The molecule has 0 unspecified atom stereocenters. The maximum absolute atomic E-state index is 11.9. The summed E-state index contributed by atoms with van der Waals surface area (Å²) in [6.07, 6.45) is 18.1. The zero-order valence-electron chi connectivity index (χ0n) is 19.8. The van der Waals surface area contributed by atoms with Crippen LogP contribution in [0.3, 0.4) is 0 Å². The zero-order chi connectivity index (χ0) is 21.2. The Morgan fingerprint density at radius 1 is 0.733 bits per heavy atom. The minimum atomic E-state index is -0.124. The number of nitrogens with zero attached hydrogens (tertiary/aromatic N) is 1. The number of carbonyl (C=O) groups is 1. The minimum absolute atomic E-state index is 0. The molecule has 0 saturated carbocycles. The summed E-state index contributed by atoms with van der Waals surface area (Å²) in [6, 6.07) is 9.35. The lowest BCUT2D eigenvalue weighted by molar-refractivity contribution is -0.890. The van der Waals surface area contributed by atoms with Crippen LogP contribution in [0.25, 0.3) is 0 Å². The average Bonchev–Trinajstić information content (AvgIpc) is 2.69. The lowest BCUT2D eigenvalue weighted by atomic mass is 10.1. The molecule has 4 heteroatoms. The zero-order valence-corrected chi connectivity index (χ0v) is 21.4. The maximum atomic E-state index is 11.9. The normalized spacial score (nSPS) is 11.2. The first-order valence-electron chi connectivity index (χ1n) is 12.1. The lowest BCUT2D eigenvalue weighted by Gasteiger charge is -2.29. The molecule has 0 fully saturated rings. The summed E-state index contributed by atoms with van der Waals surface area (Å²) in [5.41, 5.74) is 0. The number of hydrogen-bond donors (Lipinski definition) is 0. The van der Waals surface area contributed by atoms with E-state index in [1.54, 1.807) is 0 Å². The Morgan fingerprint density at radius 2 is 1.20 bits per heavy atom. The van der Waals surface area contributed by atoms with Crippen LogP contribution in [0, 0.1) is 0 Å². The van der Waals surface area contributed by atoms with Crippen LogP contribution in [0.2, 0.25) is 0 Å². The first-order valence-corrected chi connectivity index (χ1v) is 12.1. The van der Waals surface area contributed by atoms with E-state index < -0.39 is 0 Å². The van der Waals surface area contributed by atoms with Crippen LogP contribution in [-0.4, -0.2) is 37.6 Å². The smallest absolute Gasteiger partial charge is 0.311 e. The van der Waals surface area contributed by atoms with Gasteiger partial charge in [0.25, 0.3) is 0 Å². The van der Waals surface area contributed by atoms with Gasteiger partial charge in [-0.05, 0) is 25.0 Å². The van der Waals surface area contributed by atoms with Gasteiger partial charge in [-0.25, -0.2) is 0 Å². The van der Waals surface area contributed by atoms with Gasteiger partial charge in [-0.15, -0.1) is 0 Å². The molecule has 30 heavy (non-hydrogen) atoms. The first-order chi connectivity index (χ1) is 14.0. The molecule has 0 aliphatic carbocycles. The van der Waals surface area contributed by atoms with Gasteiger partial charge >= 0.3 is 5.97 Å². The summed E-state index contributed by atoms with van der Waals surface area (Å²) >= 11 is 0. The highest BCUT2D eigenvalue weighted by molar-refractivity contribution is 5.72. The van der Waals surface area contributed by atoms with Gasteiger partial charge in [0.15, 0.2) is 0 Å². The van der Waals surface area contributed by atoms with Crippen LogP contribution in [0.15, 0.2) is 30.3 Å². The molecule has 1 rings (SSSR count). The number of unbranched alkanes of at least 4 members (excludes halogenated alkanes) is 11. The summed E-state index contributed by atoms with van der Waals surface area (Å²) in [5, 5.41) is 0. The number of halogens is 1. The molecule has 0 aliphatic rings. The summed E-state index contributed by atoms with van der Waals surface area (Å²) in [5.74, 6) is 0.518. The number of quaternary nitrogens is 1. The minimum Gasteiger partial charge on any atom is -1.00 e. The predicted octanol–water partition coefficient (Wildman–Crippen LogP) is 4.15. The first kappa shape index (κ1) is 29.1. The van der Waals surface area contributed by atoms with Crippen LogP contribution in [-0.2, 0) is 4.79 Å². The number of para-hydroxylation sites is 1. The quantitative estimate of drug-likeness (QED) is 0.135. The van der Waals surface area contributed by atoms with Gasteiger partial charge in [0.05, 0.1) is 33.6 Å². The fourth-order valence-corrected chi connectivity index (χ4v) is 3.82. The number of benzene rings is 1. The van der Waals surface area contributed by atoms with Gasteiger partial charge in [-0.2, -0.15) is 0 Å². The number of ether oxygens (including phenoxy) is 1. The van der Waals surface area contributed by atoms with Crippen molar-refractivity contribution >= 4 is 5.97 Å². The highest BCUT2D eigenvalue weighted by Crippen LogP contribution is 2.14. The van der Waals surface area contributed by atoms with Crippen LogP contribution in [0.1, 0.15) is 96.8 Å². The van der Waals surface area contributed by atoms with Crippen molar-refractivity contribution in [3.05, 3.63) is 30.3 Å². The average molecular weight is 485 g/mol. The van der Waals surface area contributed by atoms with Crippen molar-refractivity contribution in [2.45, 2.75) is 96.8 Å². The van der Waals surface area contributed by atoms with Gasteiger partial charge < -0.3 is 26.2 Å². The van der Waals surface area contributed by atoms with E-state index in [-0.39, 0.29) is 23.0 Å². The van der Waals surface area contributed by atoms with E-state index in [0.29, 0.717) is 12.2 Å². The highest BCUT2D eigenvalue weighted by atomic mass is 79.9. The largest absolute Gasteiger partial charge is 1.00 e. The topological polar surface area (TPSA) is 26.3 Å². The molecular weight excluding hydrogens is 438 g/mol. The standard InChI is InChI=1S/C26H46NO2.BrH/c1-4-5-6-7-8-9-10-11-12-13-14-18-23-27(2,3)24-19-22-26(28)29-25-20-16-15-17-21-25;/h15-17,20-21H,4-14,18-19,22-24H2,1-3H3;1H/q+1;/p-1. The highest BCUT2D eigenvalue weighted by Gasteiger charge is 2.15. The molecule has 1 aromatic rings. The van der Waals surface area contributed by atoms with Gasteiger partial charge in [-0.3, -0.25) is 4.79 Å². The van der Waals surface area contributed by atoms with Gasteiger partial charge in [0.2, 0.25) is 0 Å². The second-order valence-corrected chi connectivity index (χ2v) is 9.16. The molecule has 0 radical (unpaired) electrons. The van der Waals surface area contributed by atoms with Crippen molar-refractivity contribution in [1.29, 1.82) is 0 Å². The monoisotopic (exact) mass is 483 g/mol. The van der Waals surface area contributed by atoms with E-state index in [2.05, 4.69) is 21.0 Å². The fourth-order valence-electron chi connectivity index (χ4n) is 3.82. The molecular formula is C26H46BrNO2. The summed E-state index contributed by atoms with van der Waals surface area (Å²) < 4.78 is 6.36. The van der Waals surface area contributed by atoms with Crippen LogP contribution in [0.5, 0.6) is 5.75 Å². The van der Waals surface area contributed by atoms with E-state index in [1.165, 1.54) is 83.6 Å². The van der Waals surface area contributed by atoms with Gasteiger partial charge in [0, 0.05) is 6.42 Å². The van der Waals surface area contributed by atoms with E-state index in [4.69, 9.17) is 4.74 Å². The van der Waals surface area contributed by atoms with Crippen LogP contribution < -0.4 is 21.7 Å². The molecule has 3 nitrogen and oxygen atoms in total. The Kier molecular flexibility index (Phi) is 18.3. The third-order valence-corrected chi connectivity index (χ3v) is 5.74. The summed E-state index contributed by atoms with van der Waals surface area (Å²) in [7, 11) is 4.56. The van der Waals surface area contributed by atoms with Crippen LogP contribution in [0.4, 0.5) is 0 Å². The molecule has 0 N–H and O–H groups in total. The Morgan fingerprint density at radius 3 is 1.73 bits per heavy atom. The second kappa shape index (κ2) is 18.9. The van der Waals surface area contributed by atoms with Crippen molar-refractivity contribution in [2.24, 2.45) is 0 Å². The third kappa shape index (κ3) is 16.9. The molecule has 0 bridgehead atoms. The number of hydrogen-bond acceptors (Lipinski definition) is 2. The molecule has 0 amide bonds. The van der Waals surface area contributed by atoms with E-state index in [1.807, 2.05) is 30.3 Å². The van der Waals surface area contributed by atoms with Crippen molar-refractivity contribution in [3.63, 3.8) is 0 Å². The van der Waals surface area contributed by atoms with Crippen molar-refractivity contribution in [3.8, 4) is 5.75 Å². The lowest BCUT2D eigenvalue weighted by Crippen LogP contribution is -3.00. The van der Waals surface area contributed by atoms with Crippen molar-refractivity contribution < 1.29 is 31.0 Å². The van der Waals surface area contributed by atoms with E-state index in [9.17, 15) is 4.79 Å². The molecule has 0 saturated heterocycles. The Balaban J connectivity index is 0.00000841. The number of esters is 1. The molecule has 0 atom stereocenters. The predicted molar refractivity (Wildman–Crippen MR) is 124 cm³/mol. The Bertz CT molecular complexity index is 519. The molecule has 0 heterocycles. The Hall–Kier alpha value is -0.870. The third-order valence-electron chi connectivity index (χ3n) is 5.74. The van der Waals surface area contributed by atoms with Crippen LogP contribution >= 0.6 is 0 Å². The molecule has 0 spiro atoms. The van der Waals surface area contributed by atoms with Crippen molar-refractivity contribution in [1.82, 2.24) is 0 Å². The molecule has 1 aromatic carbocycles. The maximum Gasteiger partial charge on any atom is 0.311 e. The fraction of sp³-hybridized carbons (Fsp3) is 0.731. The number of carbonyl (C=O) groups excluding carboxylic acids is 1. The molecule has 0 aromatic heterocycles. The summed E-state index contributed by atoms with van der Waals surface area (Å²) in [6.45, 7) is 4.51. The van der Waals surface area contributed by atoms with Crippen molar-refractivity contribution in [2.75, 3.05) is 27.2 Å². The van der Waals surface area contributed by atoms with E-state index in [0.717, 1.165) is 17.4 Å². The van der Waals surface area contributed by atoms with Gasteiger partial charge in [-0.1, -0.05) is 89.3 Å². The van der Waals surface area contributed by atoms with Gasteiger partial charge in [0.1, 0.15) is 5.75 Å².